The van der Waals surface area contributed by atoms with Crippen LogP contribution in [0.4, 0.5) is 5.69 Å². The normalized spacial score (nSPS) is 10.1. The minimum absolute atomic E-state index is 0.135. The second kappa shape index (κ2) is 7.42. The van der Waals surface area contributed by atoms with E-state index in [9.17, 15) is 19.6 Å². The van der Waals surface area contributed by atoms with Crippen molar-refractivity contribution in [1.29, 1.82) is 0 Å². The van der Waals surface area contributed by atoms with Crippen LogP contribution in [0.15, 0.2) is 39.5 Å². The Hall–Kier alpha value is -3.13. The Bertz CT molecular complexity index is 810. The summed E-state index contributed by atoms with van der Waals surface area (Å²) in [5, 5.41) is 11.4. The van der Waals surface area contributed by atoms with Gasteiger partial charge < -0.3 is 14.5 Å². The summed E-state index contributed by atoms with van der Waals surface area (Å²) in [5.74, 6) is -1.37. The number of esters is 1. The molecule has 0 aliphatic heterocycles. The van der Waals surface area contributed by atoms with Crippen molar-refractivity contribution in [1.82, 2.24) is 5.32 Å². The lowest BCUT2D eigenvalue weighted by Gasteiger charge is -2.09. The Morgan fingerprint density at radius 3 is 2.50 bits per heavy atom. The number of ether oxygens (including phenoxy) is 1. The average molecular weight is 332 g/mol. The molecular formula is C16H16N2O6. The van der Waals surface area contributed by atoms with Gasteiger partial charge in [0.05, 0.1) is 12.8 Å². The number of anilines is 1. The highest BCUT2D eigenvalue weighted by atomic mass is 16.5. The average Bonchev–Trinajstić information content (AvgIpc) is 2.59. The van der Waals surface area contributed by atoms with Crippen LogP contribution < -0.4 is 16.4 Å². The van der Waals surface area contributed by atoms with E-state index in [-0.39, 0.29) is 11.4 Å². The van der Waals surface area contributed by atoms with Gasteiger partial charge in [-0.2, -0.15) is 0 Å². The highest BCUT2D eigenvalue weighted by molar-refractivity contribution is 6.00. The van der Waals surface area contributed by atoms with Gasteiger partial charge in [0, 0.05) is 11.6 Å². The monoisotopic (exact) mass is 332 g/mol. The number of hydrogen-bond donors (Lipinski definition) is 3. The zero-order valence-electron chi connectivity index (χ0n) is 13.1. The van der Waals surface area contributed by atoms with Crippen molar-refractivity contribution >= 4 is 17.6 Å². The molecule has 0 fully saturated rings. The van der Waals surface area contributed by atoms with E-state index in [0.717, 1.165) is 5.56 Å². The van der Waals surface area contributed by atoms with Gasteiger partial charge in [-0.25, -0.2) is 4.79 Å². The fourth-order valence-electron chi connectivity index (χ4n) is 1.97. The molecule has 3 N–H and O–H groups in total. The maximum atomic E-state index is 12.1. The van der Waals surface area contributed by atoms with Gasteiger partial charge >= 0.3 is 11.6 Å². The van der Waals surface area contributed by atoms with Gasteiger partial charge in [-0.1, -0.05) is 29.8 Å². The second-order valence-electron chi connectivity index (χ2n) is 4.92. The quantitative estimate of drug-likeness (QED) is 0.558. The van der Waals surface area contributed by atoms with Crippen molar-refractivity contribution in [2.45, 2.75) is 6.92 Å². The van der Waals surface area contributed by atoms with E-state index < -0.39 is 29.6 Å². The molecule has 8 heteroatoms. The van der Waals surface area contributed by atoms with Gasteiger partial charge in [0.1, 0.15) is 12.3 Å². The van der Waals surface area contributed by atoms with E-state index in [1.165, 1.54) is 13.2 Å². The molecule has 126 valence electrons. The Morgan fingerprint density at radius 1 is 1.25 bits per heavy atom. The summed E-state index contributed by atoms with van der Waals surface area (Å²) in [6, 6.07) is 8.47. The van der Waals surface area contributed by atoms with Crippen LogP contribution in [0.2, 0.25) is 0 Å². The summed E-state index contributed by atoms with van der Waals surface area (Å²) in [4.78, 5) is 35.2. The smallest absolute Gasteiger partial charge is 0.351 e. The molecule has 8 nitrogen and oxygen atoms in total. The van der Waals surface area contributed by atoms with Crippen molar-refractivity contribution in [2.24, 2.45) is 0 Å². The van der Waals surface area contributed by atoms with Crippen LogP contribution in [0.3, 0.4) is 0 Å². The van der Waals surface area contributed by atoms with Gasteiger partial charge in [-0.3, -0.25) is 20.3 Å². The first-order valence-corrected chi connectivity index (χ1v) is 6.96. The predicted molar refractivity (Wildman–Crippen MR) is 84.9 cm³/mol. The van der Waals surface area contributed by atoms with Gasteiger partial charge in [0.25, 0.3) is 5.91 Å². The molecule has 1 aromatic carbocycles. The highest BCUT2D eigenvalue weighted by Crippen LogP contribution is 2.23. The molecule has 0 aliphatic rings. The predicted octanol–water partition coefficient (Wildman–Crippen LogP) is 1.32. The number of methoxy groups -OCH3 is 1. The van der Waals surface area contributed by atoms with Gasteiger partial charge in [0.15, 0.2) is 5.56 Å². The highest BCUT2D eigenvalue weighted by Gasteiger charge is 2.20. The molecule has 1 aromatic heterocycles. The molecule has 0 saturated heterocycles. The van der Waals surface area contributed by atoms with Gasteiger partial charge in [-0.05, 0) is 6.92 Å². The van der Waals surface area contributed by atoms with Crippen LogP contribution in [0.5, 0.6) is 0 Å². The van der Waals surface area contributed by atoms with Crippen LogP contribution in [0.1, 0.15) is 15.9 Å². The number of benzene rings is 1. The molecule has 0 atom stereocenters. The van der Waals surface area contributed by atoms with E-state index in [0.29, 0.717) is 5.56 Å². The fraction of sp³-hybridized carbons (Fsp3) is 0.188. The number of carbonyl (C=O) groups excluding carboxylic acids is 2. The summed E-state index contributed by atoms with van der Waals surface area (Å²) < 4.78 is 9.54. The molecule has 0 bridgehead atoms. The summed E-state index contributed by atoms with van der Waals surface area (Å²) in [6.07, 6.45) is 0. The first-order chi connectivity index (χ1) is 11.5. The largest absolute Gasteiger partial charge is 0.468 e. The molecule has 0 saturated carbocycles. The minimum atomic E-state index is -0.952. The first-order valence-electron chi connectivity index (χ1n) is 6.96. The van der Waals surface area contributed by atoms with Crippen LogP contribution >= 0.6 is 0 Å². The van der Waals surface area contributed by atoms with Gasteiger partial charge in [-0.15, -0.1) is 0 Å². The Morgan fingerprint density at radius 2 is 1.92 bits per heavy atom. The lowest BCUT2D eigenvalue weighted by Crippen LogP contribution is -2.33. The van der Waals surface area contributed by atoms with Crippen LogP contribution in [0.25, 0.3) is 11.3 Å². The summed E-state index contributed by atoms with van der Waals surface area (Å²) in [6.45, 7) is 1.49. The number of aryl methyl sites for hydroxylation is 1. The number of nitrogens with one attached hydrogen (secondary N) is 2. The van der Waals surface area contributed by atoms with Crippen LogP contribution in [0, 0.1) is 6.92 Å². The fourth-order valence-corrected chi connectivity index (χ4v) is 1.97. The number of rotatable bonds is 5. The minimum Gasteiger partial charge on any atom is -0.468 e. The molecule has 1 heterocycles. The van der Waals surface area contributed by atoms with Crippen LogP contribution in [-0.2, 0) is 9.53 Å². The molecule has 1 amide bonds. The Kier molecular flexibility index (Phi) is 5.33. The lowest BCUT2D eigenvalue weighted by atomic mass is 10.1. The molecule has 0 spiro atoms. The van der Waals surface area contributed by atoms with Crippen molar-refractivity contribution in [2.75, 3.05) is 19.1 Å². The number of hydrogen-bond acceptors (Lipinski definition) is 7. The molecule has 0 radical (unpaired) electrons. The maximum Gasteiger partial charge on any atom is 0.351 e. The van der Waals surface area contributed by atoms with Crippen molar-refractivity contribution < 1.29 is 24.0 Å². The first kappa shape index (κ1) is 17.2. The van der Waals surface area contributed by atoms with Crippen molar-refractivity contribution in [3.05, 3.63) is 51.9 Å². The van der Waals surface area contributed by atoms with E-state index in [2.05, 4.69) is 10.1 Å². The molecule has 2 aromatic rings. The van der Waals surface area contributed by atoms with Crippen LogP contribution in [-0.4, -0.2) is 30.7 Å². The summed E-state index contributed by atoms with van der Waals surface area (Å²) in [7, 11) is 1.17. The molecule has 24 heavy (non-hydrogen) atoms. The third kappa shape index (κ3) is 3.79. The Balaban J connectivity index is 2.37. The number of carbonyl (C=O) groups is 2. The topological polar surface area (TPSA) is 118 Å². The summed E-state index contributed by atoms with van der Waals surface area (Å²) >= 11 is 0. The van der Waals surface area contributed by atoms with E-state index in [1.807, 2.05) is 19.1 Å². The Labute approximate surface area is 137 Å². The lowest BCUT2D eigenvalue weighted by molar-refractivity contribution is -0.139. The van der Waals surface area contributed by atoms with Gasteiger partial charge in [0.2, 0.25) is 0 Å². The third-order valence-corrected chi connectivity index (χ3v) is 3.26. The third-order valence-electron chi connectivity index (χ3n) is 3.26. The molecular weight excluding hydrogens is 316 g/mol. The standard InChI is InChI=1S/C16H16N2O6/c1-9-3-5-10(6-4-9)12-7-11(18-22)14(16(21)24-12)15(20)17-8-13(19)23-2/h3-7,18,22H,8H2,1-2H3,(H,17,20). The van der Waals surface area contributed by atoms with E-state index >= 15 is 0 Å². The van der Waals surface area contributed by atoms with E-state index in [4.69, 9.17) is 4.42 Å². The zero-order valence-corrected chi connectivity index (χ0v) is 13.1. The second-order valence-corrected chi connectivity index (χ2v) is 4.92. The molecule has 2 rings (SSSR count). The van der Waals surface area contributed by atoms with Crippen molar-refractivity contribution in [3.8, 4) is 11.3 Å². The SMILES string of the molecule is COC(=O)CNC(=O)c1c(NO)cc(-c2ccc(C)cc2)oc1=O. The maximum absolute atomic E-state index is 12.1. The number of amides is 1. The molecule has 0 unspecified atom stereocenters. The zero-order chi connectivity index (χ0) is 17.7. The molecule has 0 aliphatic carbocycles. The van der Waals surface area contributed by atoms with E-state index in [1.54, 1.807) is 17.6 Å². The van der Waals surface area contributed by atoms with Crippen molar-refractivity contribution in [3.63, 3.8) is 0 Å². The summed E-state index contributed by atoms with van der Waals surface area (Å²) in [5.41, 5.74) is 1.90.